The van der Waals surface area contributed by atoms with Crippen molar-refractivity contribution >= 4 is 0 Å². The Balaban J connectivity index is 2.12. The summed E-state index contributed by atoms with van der Waals surface area (Å²) in [5.74, 6) is 1.43. The summed E-state index contributed by atoms with van der Waals surface area (Å²) in [6.45, 7) is 4.74. The van der Waals surface area contributed by atoms with Crippen LogP contribution in [0.2, 0.25) is 0 Å². The van der Waals surface area contributed by atoms with Crippen LogP contribution in [0.3, 0.4) is 0 Å². The number of allylic oxidation sites excluding steroid dienone is 2. The Labute approximate surface area is 183 Å². The number of ether oxygens (including phenoxy) is 1. The molecule has 1 heterocycles. The van der Waals surface area contributed by atoms with Gasteiger partial charge < -0.3 is 4.74 Å². The molecule has 0 saturated carbocycles. The average Bonchev–Trinajstić information content (AvgIpc) is 2.71. The molecule has 1 aliphatic carbocycles. The first kappa shape index (κ1) is 24.8. The minimum absolute atomic E-state index is 0.0503. The minimum Gasteiger partial charge on any atom is -0.492 e. The molecule has 2 aliphatic rings. The van der Waals surface area contributed by atoms with Crippen molar-refractivity contribution in [2.24, 2.45) is 0 Å². The maximum Gasteiger partial charge on any atom is 0.106 e. The highest BCUT2D eigenvalue weighted by atomic mass is 16.5. The van der Waals surface area contributed by atoms with Crippen molar-refractivity contribution in [3.05, 3.63) is 11.3 Å². The lowest BCUT2D eigenvalue weighted by Crippen LogP contribution is -2.28. The van der Waals surface area contributed by atoms with E-state index in [9.17, 15) is 0 Å². The molecular weight excluding hydrogens is 352 g/mol. The molecule has 0 bridgehead atoms. The van der Waals surface area contributed by atoms with Crippen LogP contribution in [0.15, 0.2) is 11.3 Å². The fraction of sp³-hybridized carbons (Fsp3) is 0.929. The second-order valence-electron chi connectivity index (χ2n) is 10.3. The Morgan fingerprint density at radius 3 is 1.38 bits per heavy atom. The molecule has 1 heteroatoms. The van der Waals surface area contributed by atoms with E-state index in [0.29, 0.717) is 0 Å². The molecule has 0 saturated heterocycles. The molecule has 0 fully saturated rings. The maximum absolute atomic E-state index is 6.98. The van der Waals surface area contributed by atoms with Gasteiger partial charge in [-0.25, -0.2) is 0 Å². The standard InChI is InChI=1S/C28H52O/c1-3-28(2)25-21-17-13-9-5-4-6-10-14-18-22-26-23-19-15-11-7-8-12-16-20-24-27(26)29-28/h3-25H2,1-2H3. The zero-order chi connectivity index (χ0) is 20.6. The Bertz CT molecular complexity index is 438. The molecule has 0 spiro atoms. The van der Waals surface area contributed by atoms with Gasteiger partial charge in [0.1, 0.15) is 5.60 Å². The van der Waals surface area contributed by atoms with Crippen molar-refractivity contribution in [2.45, 2.75) is 167 Å². The summed E-state index contributed by atoms with van der Waals surface area (Å²) in [5.41, 5.74) is 1.76. The van der Waals surface area contributed by atoms with E-state index in [1.165, 1.54) is 147 Å². The van der Waals surface area contributed by atoms with Gasteiger partial charge in [0.15, 0.2) is 0 Å². The lowest BCUT2D eigenvalue weighted by atomic mass is 9.92. The number of rotatable bonds is 1. The molecular formula is C28H52O. The second kappa shape index (κ2) is 15.4. The van der Waals surface area contributed by atoms with Gasteiger partial charge in [-0.3, -0.25) is 0 Å². The molecule has 29 heavy (non-hydrogen) atoms. The summed E-state index contributed by atoms with van der Waals surface area (Å²) in [4.78, 5) is 0. The summed E-state index contributed by atoms with van der Waals surface area (Å²) in [6.07, 6.45) is 31.7. The van der Waals surface area contributed by atoms with Crippen molar-refractivity contribution in [3.63, 3.8) is 0 Å². The van der Waals surface area contributed by atoms with Gasteiger partial charge in [-0.1, -0.05) is 96.8 Å². The van der Waals surface area contributed by atoms with Crippen molar-refractivity contribution in [1.82, 2.24) is 0 Å². The van der Waals surface area contributed by atoms with Crippen LogP contribution in [-0.2, 0) is 4.74 Å². The molecule has 1 nitrogen and oxygen atoms in total. The Kier molecular flexibility index (Phi) is 13.1. The van der Waals surface area contributed by atoms with Crippen molar-refractivity contribution in [1.29, 1.82) is 0 Å². The van der Waals surface area contributed by atoms with E-state index in [1.54, 1.807) is 5.57 Å². The van der Waals surface area contributed by atoms with Gasteiger partial charge in [0.05, 0.1) is 5.76 Å². The predicted octanol–water partition coefficient (Wildman–Crippen LogP) is 10.0. The largest absolute Gasteiger partial charge is 0.492 e. The van der Waals surface area contributed by atoms with Crippen LogP contribution in [0.1, 0.15) is 162 Å². The first-order chi connectivity index (χ1) is 14.2. The molecule has 0 N–H and O–H groups in total. The minimum atomic E-state index is 0.0503. The van der Waals surface area contributed by atoms with E-state index < -0.39 is 0 Å². The SMILES string of the molecule is CCC1(C)CCCCCCCCCCCCC2=C(CCCCCCCCCC2)O1. The maximum atomic E-state index is 6.98. The molecule has 1 unspecified atom stereocenters. The zero-order valence-corrected chi connectivity index (χ0v) is 20.2. The van der Waals surface area contributed by atoms with Gasteiger partial charge in [-0.2, -0.15) is 0 Å². The quantitative estimate of drug-likeness (QED) is 0.422. The van der Waals surface area contributed by atoms with Crippen LogP contribution >= 0.6 is 0 Å². The number of hydrogen-bond donors (Lipinski definition) is 0. The smallest absolute Gasteiger partial charge is 0.106 e. The highest BCUT2D eigenvalue weighted by Crippen LogP contribution is 2.33. The third-order valence-corrected chi connectivity index (χ3v) is 7.58. The molecule has 170 valence electrons. The Morgan fingerprint density at radius 2 is 0.931 bits per heavy atom. The first-order valence-electron chi connectivity index (χ1n) is 13.6. The van der Waals surface area contributed by atoms with Crippen LogP contribution in [-0.4, -0.2) is 5.60 Å². The van der Waals surface area contributed by atoms with Crippen LogP contribution in [0.5, 0.6) is 0 Å². The second-order valence-corrected chi connectivity index (χ2v) is 10.3. The average molecular weight is 405 g/mol. The Morgan fingerprint density at radius 1 is 0.552 bits per heavy atom. The number of hydrogen-bond acceptors (Lipinski definition) is 1. The topological polar surface area (TPSA) is 9.23 Å². The third kappa shape index (κ3) is 10.9. The highest BCUT2D eigenvalue weighted by molar-refractivity contribution is 5.10. The van der Waals surface area contributed by atoms with E-state index >= 15 is 0 Å². The molecule has 0 amide bonds. The monoisotopic (exact) mass is 404 g/mol. The van der Waals surface area contributed by atoms with E-state index in [-0.39, 0.29) is 5.60 Å². The first-order valence-corrected chi connectivity index (χ1v) is 13.6. The van der Waals surface area contributed by atoms with Crippen molar-refractivity contribution in [3.8, 4) is 0 Å². The van der Waals surface area contributed by atoms with E-state index in [1.807, 2.05) is 0 Å². The van der Waals surface area contributed by atoms with Crippen LogP contribution in [0.4, 0.5) is 0 Å². The molecule has 0 aromatic carbocycles. The summed E-state index contributed by atoms with van der Waals surface area (Å²) < 4.78 is 6.98. The lowest BCUT2D eigenvalue weighted by Gasteiger charge is -2.33. The summed E-state index contributed by atoms with van der Waals surface area (Å²) in [6, 6.07) is 0. The van der Waals surface area contributed by atoms with Crippen molar-refractivity contribution < 1.29 is 4.74 Å². The lowest BCUT2D eigenvalue weighted by molar-refractivity contribution is -0.00209. The van der Waals surface area contributed by atoms with Crippen LogP contribution in [0, 0.1) is 0 Å². The van der Waals surface area contributed by atoms with Gasteiger partial charge in [0, 0.05) is 6.42 Å². The van der Waals surface area contributed by atoms with Crippen LogP contribution < -0.4 is 0 Å². The zero-order valence-electron chi connectivity index (χ0n) is 20.2. The van der Waals surface area contributed by atoms with Crippen molar-refractivity contribution in [2.75, 3.05) is 0 Å². The third-order valence-electron chi connectivity index (χ3n) is 7.58. The molecule has 2 rings (SSSR count). The highest BCUT2D eigenvalue weighted by Gasteiger charge is 2.26. The van der Waals surface area contributed by atoms with E-state index in [0.717, 1.165) is 6.42 Å². The molecule has 1 atom stereocenters. The summed E-state index contributed by atoms with van der Waals surface area (Å²) in [7, 11) is 0. The van der Waals surface area contributed by atoms with Gasteiger partial charge >= 0.3 is 0 Å². The fourth-order valence-electron chi connectivity index (χ4n) is 5.24. The normalized spacial score (nSPS) is 28.5. The van der Waals surface area contributed by atoms with Gasteiger partial charge in [-0.15, -0.1) is 0 Å². The van der Waals surface area contributed by atoms with E-state index in [2.05, 4.69) is 13.8 Å². The molecule has 0 aromatic heterocycles. The predicted molar refractivity (Wildman–Crippen MR) is 128 cm³/mol. The van der Waals surface area contributed by atoms with Gasteiger partial charge in [0.25, 0.3) is 0 Å². The Hall–Kier alpha value is -0.460. The summed E-state index contributed by atoms with van der Waals surface area (Å²) in [5, 5.41) is 0. The summed E-state index contributed by atoms with van der Waals surface area (Å²) >= 11 is 0. The molecule has 0 radical (unpaired) electrons. The molecule has 1 aliphatic heterocycles. The van der Waals surface area contributed by atoms with Gasteiger partial charge in [0.2, 0.25) is 0 Å². The van der Waals surface area contributed by atoms with Crippen LogP contribution in [0.25, 0.3) is 0 Å². The molecule has 0 aromatic rings. The fourth-order valence-corrected chi connectivity index (χ4v) is 5.24. The van der Waals surface area contributed by atoms with Gasteiger partial charge in [-0.05, 0) is 63.9 Å². The van der Waals surface area contributed by atoms with E-state index in [4.69, 9.17) is 4.74 Å².